The average molecular weight is 289 g/mol. The zero-order valence-corrected chi connectivity index (χ0v) is 13.1. The summed E-state index contributed by atoms with van der Waals surface area (Å²) in [5.41, 5.74) is 1.10. The zero-order chi connectivity index (χ0) is 14.5. The van der Waals surface area contributed by atoms with Crippen LogP contribution in [0.1, 0.15) is 57.1 Å². The molecule has 3 fully saturated rings. The summed E-state index contributed by atoms with van der Waals surface area (Å²) in [4.78, 5) is 11.6. The van der Waals surface area contributed by atoms with Gasteiger partial charge in [-0.25, -0.2) is 4.98 Å². The molecule has 0 N–H and O–H groups in total. The highest BCUT2D eigenvalue weighted by molar-refractivity contribution is 5.24. The molecule has 2 bridgehead atoms. The molecule has 4 heteroatoms. The number of fused-ring (bicyclic) bond motifs is 3. The number of hydrogen-bond acceptors (Lipinski definition) is 4. The molecule has 0 amide bonds. The van der Waals surface area contributed by atoms with E-state index < -0.39 is 0 Å². The third-order valence-electron chi connectivity index (χ3n) is 4.94. The fourth-order valence-electron chi connectivity index (χ4n) is 3.67. The van der Waals surface area contributed by atoms with Crippen molar-refractivity contribution in [2.24, 2.45) is 5.92 Å². The molecule has 1 aromatic heterocycles. The fourth-order valence-corrected chi connectivity index (χ4v) is 3.67. The first-order chi connectivity index (χ1) is 10.4. The van der Waals surface area contributed by atoms with Crippen LogP contribution in [0.4, 0.5) is 0 Å². The maximum Gasteiger partial charge on any atom is 0.235 e. The van der Waals surface area contributed by atoms with Crippen LogP contribution in [-0.4, -0.2) is 41.1 Å². The van der Waals surface area contributed by atoms with Crippen molar-refractivity contribution >= 4 is 0 Å². The third-order valence-corrected chi connectivity index (χ3v) is 4.94. The normalized spacial score (nSPS) is 27.8. The highest BCUT2D eigenvalue weighted by atomic mass is 16.5. The summed E-state index contributed by atoms with van der Waals surface area (Å²) in [7, 11) is 0. The fraction of sp³-hybridized carbons (Fsp3) is 0.765. The Kier molecular flexibility index (Phi) is 5.07. The van der Waals surface area contributed by atoms with Crippen LogP contribution in [0, 0.1) is 5.92 Å². The largest absolute Gasteiger partial charge is 0.476 e. The van der Waals surface area contributed by atoms with Crippen LogP contribution in [0.25, 0.3) is 0 Å². The number of hydrogen-bond donors (Lipinski definition) is 0. The number of nitrogens with zero attached hydrogens (tertiary/aromatic N) is 3. The molecule has 1 aromatic rings. The molecule has 21 heavy (non-hydrogen) atoms. The first-order valence-corrected chi connectivity index (χ1v) is 8.54. The molecular formula is C17H27N3O. The lowest BCUT2D eigenvalue weighted by Gasteiger charge is -2.44. The molecule has 116 valence electrons. The molecular weight excluding hydrogens is 262 g/mol. The van der Waals surface area contributed by atoms with E-state index in [1.807, 2.05) is 6.20 Å². The molecule has 4 rings (SSSR count). The van der Waals surface area contributed by atoms with Gasteiger partial charge in [-0.05, 0) is 38.3 Å². The van der Waals surface area contributed by atoms with Crippen LogP contribution >= 0.6 is 0 Å². The lowest BCUT2D eigenvalue weighted by atomic mass is 9.77. The van der Waals surface area contributed by atoms with Crippen molar-refractivity contribution in [1.29, 1.82) is 0 Å². The van der Waals surface area contributed by atoms with Gasteiger partial charge >= 0.3 is 0 Å². The summed E-state index contributed by atoms with van der Waals surface area (Å²) >= 11 is 0. The van der Waals surface area contributed by atoms with Gasteiger partial charge < -0.3 is 9.64 Å². The molecule has 0 saturated carbocycles. The van der Waals surface area contributed by atoms with E-state index in [0.717, 1.165) is 37.1 Å². The van der Waals surface area contributed by atoms with Crippen molar-refractivity contribution in [3.63, 3.8) is 0 Å². The van der Waals surface area contributed by atoms with Crippen molar-refractivity contribution in [2.45, 2.75) is 51.4 Å². The molecule has 0 radical (unpaired) electrons. The maximum atomic E-state index is 5.95. The summed E-state index contributed by atoms with van der Waals surface area (Å²) in [5.74, 6) is 2.08. The van der Waals surface area contributed by atoms with Gasteiger partial charge in [-0.3, -0.25) is 4.98 Å². The molecule has 3 saturated heterocycles. The van der Waals surface area contributed by atoms with E-state index in [9.17, 15) is 0 Å². The number of unbranched alkanes of at least 4 members (excludes halogenated alkanes) is 3. The van der Waals surface area contributed by atoms with Crippen molar-refractivity contribution < 1.29 is 4.74 Å². The van der Waals surface area contributed by atoms with Crippen LogP contribution in [0.2, 0.25) is 0 Å². The van der Waals surface area contributed by atoms with Crippen LogP contribution < -0.4 is 4.74 Å². The average Bonchev–Trinajstić information content (AvgIpc) is 2.56. The van der Waals surface area contributed by atoms with E-state index >= 15 is 0 Å². The predicted molar refractivity (Wildman–Crippen MR) is 83.6 cm³/mol. The maximum absolute atomic E-state index is 5.95. The van der Waals surface area contributed by atoms with Gasteiger partial charge in [0, 0.05) is 24.9 Å². The molecule has 4 heterocycles. The van der Waals surface area contributed by atoms with Crippen molar-refractivity contribution in [3.8, 4) is 5.88 Å². The molecule has 3 aliphatic heterocycles. The second kappa shape index (κ2) is 7.21. The van der Waals surface area contributed by atoms with Crippen LogP contribution in [0.15, 0.2) is 12.4 Å². The summed E-state index contributed by atoms with van der Waals surface area (Å²) in [6.07, 6.45) is 11.1. The van der Waals surface area contributed by atoms with Crippen LogP contribution in [0.5, 0.6) is 5.88 Å². The smallest absolute Gasteiger partial charge is 0.235 e. The van der Waals surface area contributed by atoms with Crippen molar-refractivity contribution in [3.05, 3.63) is 18.1 Å². The molecule has 0 spiro atoms. The van der Waals surface area contributed by atoms with Crippen LogP contribution in [-0.2, 0) is 0 Å². The Bertz CT molecular complexity index is 443. The van der Waals surface area contributed by atoms with E-state index in [1.165, 1.54) is 45.2 Å². The quantitative estimate of drug-likeness (QED) is 0.722. The van der Waals surface area contributed by atoms with E-state index in [1.54, 1.807) is 6.20 Å². The number of piperidine rings is 3. The van der Waals surface area contributed by atoms with Gasteiger partial charge in [-0.2, -0.15) is 0 Å². The van der Waals surface area contributed by atoms with Gasteiger partial charge in [0.15, 0.2) is 0 Å². The molecule has 3 aliphatic rings. The summed E-state index contributed by atoms with van der Waals surface area (Å²) in [5, 5.41) is 0. The predicted octanol–water partition coefficient (Wildman–Crippen LogP) is 3.24. The first-order valence-electron chi connectivity index (χ1n) is 8.54. The SMILES string of the molecule is CCCCCCOc1nccnc1[C@H]1CN2CCC1CC2. The second-order valence-corrected chi connectivity index (χ2v) is 6.40. The minimum Gasteiger partial charge on any atom is -0.476 e. The van der Waals surface area contributed by atoms with Crippen LogP contribution in [0.3, 0.4) is 0 Å². The Labute approximate surface area is 127 Å². The van der Waals surface area contributed by atoms with Gasteiger partial charge in [0.05, 0.1) is 6.61 Å². The summed E-state index contributed by atoms with van der Waals surface area (Å²) < 4.78 is 5.95. The summed E-state index contributed by atoms with van der Waals surface area (Å²) in [6, 6.07) is 0. The van der Waals surface area contributed by atoms with E-state index in [2.05, 4.69) is 21.8 Å². The lowest BCUT2D eigenvalue weighted by Crippen LogP contribution is -2.46. The topological polar surface area (TPSA) is 38.3 Å². The Balaban J connectivity index is 1.62. The lowest BCUT2D eigenvalue weighted by molar-refractivity contribution is 0.0833. The number of ether oxygens (including phenoxy) is 1. The summed E-state index contributed by atoms with van der Waals surface area (Å²) in [6.45, 7) is 6.65. The Morgan fingerprint density at radius 2 is 1.95 bits per heavy atom. The van der Waals surface area contributed by atoms with E-state index in [-0.39, 0.29) is 0 Å². The molecule has 0 aromatic carbocycles. The molecule has 0 unspecified atom stereocenters. The molecule has 4 nitrogen and oxygen atoms in total. The van der Waals surface area contributed by atoms with Crippen molar-refractivity contribution in [2.75, 3.05) is 26.2 Å². The Morgan fingerprint density at radius 1 is 1.14 bits per heavy atom. The first kappa shape index (κ1) is 14.8. The minimum absolute atomic E-state index is 0.520. The molecule has 0 aliphatic carbocycles. The number of rotatable bonds is 7. The monoisotopic (exact) mass is 289 g/mol. The third kappa shape index (κ3) is 3.54. The van der Waals surface area contributed by atoms with E-state index in [0.29, 0.717) is 5.92 Å². The molecule has 1 atom stereocenters. The second-order valence-electron chi connectivity index (χ2n) is 6.40. The van der Waals surface area contributed by atoms with Gasteiger partial charge in [-0.15, -0.1) is 0 Å². The Hall–Kier alpha value is -1.16. The van der Waals surface area contributed by atoms with Crippen molar-refractivity contribution in [1.82, 2.24) is 14.9 Å². The minimum atomic E-state index is 0.520. The van der Waals surface area contributed by atoms with Gasteiger partial charge in [0.25, 0.3) is 0 Å². The standard InChI is InChI=1S/C17H27N3O/c1-2-3-4-5-12-21-17-16(18-8-9-19-17)15-13-20-10-6-14(15)7-11-20/h8-9,14-15H,2-7,10-13H2,1H3/t15-/m0/s1. The van der Waals surface area contributed by atoms with Gasteiger partial charge in [0.2, 0.25) is 5.88 Å². The zero-order valence-electron chi connectivity index (χ0n) is 13.1. The van der Waals surface area contributed by atoms with Gasteiger partial charge in [-0.1, -0.05) is 26.2 Å². The number of aromatic nitrogens is 2. The highest BCUT2D eigenvalue weighted by Crippen LogP contribution is 2.40. The Morgan fingerprint density at radius 3 is 2.67 bits per heavy atom. The highest BCUT2D eigenvalue weighted by Gasteiger charge is 2.37. The van der Waals surface area contributed by atoms with E-state index in [4.69, 9.17) is 4.74 Å². The van der Waals surface area contributed by atoms with Gasteiger partial charge in [0.1, 0.15) is 5.69 Å².